The van der Waals surface area contributed by atoms with E-state index in [1.54, 1.807) is 11.3 Å². The van der Waals surface area contributed by atoms with Gasteiger partial charge >= 0.3 is 0 Å². The zero-order valence-electron chi connectivity index (χ0n) is 12.4. The summed E-state index contributed by atoms with van der Waals surface area (Å²) < 4.78 is 2.23. The standard InChI is InChI=1S/C15H24N4S/c1-3-12-5-4-7-18(8-6-12)14-13(11-16-2)19-9-10-20-15(19)17-14/h9-10,12,16H,3-8,11H2,1-2H3. The molecule has 4 nitrogen and oxygen atoms in total. The van der Waals surface area contributed by atoms with E-state index in [1.165, 1.54) is 37.2 Å². The number of anilines is 1. The first kappa shape index (κ1) is 13.9. The van der Waals surface area contributed by atoms with Gasteiger partial charge in [-0.05, 0) is 32.2 Å². The van der Waals surface area contributed by atoms with E-state index in [-0.39, 0.29) is 0 Å². The van der Waals surface area contributed by atoms with Crippen LogP contribution in [0.5, 0.6) is 0 Å². The Kier molecular flexibility index (Phi) is 4.27. The highest BCUT2D eigenvalue weighted by Gasteiger charge is 2.21. The largest absolute Gasteiger partial charge is 0.355 e. The zero-order valence-corrected chi connectivity index (χ0v) is 13.2. The molecule has 1 aliphatic heterocycles. The fraction of sp³-hybridized carbons (Fsp3) is 0.667. The smallest absolute Gasteiger partial charge is 0.195 e. The third kappa shape index (κ3) is 2.56. The Morgan fingerprint density at radius 1 is 1.40 bits per heavy atom. The van der Waals surface area contributed by atoms with Crippen molar-refractivity contribution in [3.63, 3.8) is 0 Å². The van der Waals surface area contributed by atoms with Crippen LogP contribution in [0.4, 0.5) is 5.82 Å². The van der Waals surface area contributed by atoms with Crippen LogP contribution in [0.1, 0.15) is 38.3 Å². The van der Waals surface area contributed by atoms with Crippen LogP contribution in [-0.4, -0.2) is 29.5 Å². The molecule has 1 saturated heterocycles. The molecule has 0 bridgehead atoms. The molecule has 1 atom stereocenters. The quantitative estimate of drug-likeness (QED) is 0.939. The van der Waals surface area contributed by atoms with Gasteiger partial charge in [0.2, 0.25) is 0 Å². The van der Waals surface area contributed by atoms with Crippen molar-refractivity contribution >= 4 is 22.1 Å². The van der Waals surface area contributed by atoms with Crippen molar-refractivity contribution in [1.82, 2.24) is 14.7 Å². The predicted octanol–water partition coefficient (Wildman–Crippen LogP) is 3.13. The molecule has 2 aromatic heterocycles. The fourth-order valence-electron chi connectivity index (χ4n) is 3.19. The van der Waals surface area contributed by atoms with Gasteiger partial charge < -0.3 is 10.2 Å². The van der Waals surface area contributed by atoms with E-state index in [0.29, 0.717) is 0 Å². The van der Waals surface area contributed by atoms with Crippen LogP contribution in [0, 0.1) is 5.92 Å². The molecule has 20 heavy (non-hydrogen) atoms. The molecular formula is C15H24N4S. The molecule has 5 heteroatoms. The van der Waals surface area contributed by atoms with Gasteiger partial charge in [-0.15, -0.1) is 11.3 Å². The maximum Gasteiger partial charge on any atom is 0.195 e. The minimum atomic E-state index is 0.876. The molecule has 0 radical (unpaired) electrons. The molecule has 0 amide bonds. The lowest BCUT2D eigenvalue weighted by Crippen LogP contribution is -2.26. The molecule has 1 aliphatic rings. The summed E-state index contributed by atoms with van der Waals surface area (Å²) in [4.78, 5) is 8.49. The normalized spacial score (nSPS) is 20.5. The van der Waals surface area contributed by atoms with Gasteiger partial charge in [-0.25, -0.2) is 4.98 Å². The fourth-order valence-corrected chi connectivity index (χ4v) is 3.92. The summed E-state index contributed by atoms with van der Waals surface area (Å²) in [7, 11) is 2.01. The molecule has 3 heterocycles. The minimum absolute atomic E-state index is 0.876. The Morgan fingerprint density at radius 2 is 2.30 bits per heavy atom. The topological polar surface area (TPSA) is 32.6 Å². The number of thiazole rings is 1. The van der Waals surface area contributed by atoms with Gasteiger partial charge in [0.25, 0.3) is 0 Å². The van der Waals surface area contributed by atoms with Crippen LogP contribution in [0.15, 0.2) is 11.6 Å². The highest BCUT2D eigenvalue weighted by atomic mass is 32.1. The van der Waals surface area contributed by atoms with Crippen molar-refractivity contribution in [3.05, 3.63) is 17.3 Å². The summed E-state index contributed by atoms with van der Waals surface area (Å²) in [6, 6.07) is 0. The molecule has 0 aliphatic carbocycles. The molecule has 0 spiro atoms. The molecule has 0 saturated carbocycles. The molecule has 1 fully saturated rings. The number of nitrogens with zero attached hydrogens (tertiary/aromatic N) is 3. The number of aromatic nitrogens is 2. The summed E-state index contributed by atoms with van der Waals surface area (Å²) in [5.74, 6) is 2.10. The van der Waals surface area contributed by atoms with Gasteiger partial charge in [-0.1, -0.05) is 13.3 Å². The molecule has 1 N–H and O–H groups in total. The van der Waals surface area contributed by atoms with E-state index < -0.39 is 0 Å². The van der Waals surface area contributed by atoms with E-state index >= 15 is 0 Å². The Hall–Kier alpha value is -1.07. The Balaban J connectivity index is 1.88. The van der Waals surface area contributed by atoms with Crippen molar-refractivity contribution in [2.75, 3.05) is 25.0 Å². The van der Waals surface area contributed by atoms with Crippen LogP contribution in [0.25, 0.3) is 4.96 Å². The first-order valence-electron chi connectivity index (χ1n) is 7.67. The molecule has 0 aromatic carbocycles. The zero-order chi connectivity index (χ0) is 13.9. The summed E-state index contributed by atoms with van der Waals surface area (Å²) in [5.41, 5.74) is 1.30. The van der Waals surface area contributed by atoms with Crippen molar-refractivity contribution in [1.29, 1.82) is 0 Å². The first-order chi connectivity index (χ1) is 9.83. The number of fused-ring (bicyclic) bond motifs is 1. The second-order valence-electron chi connectivity index (χ2n) is 5.66. The molecule has 3 rings (SSSR count). The summed E-state index contributed by atoms with van der Waals surface area (Å²) in [6.45, 7) is 5.50. The van der Waals surface area contributed by atoms with Crippen molar-refractivity contribution in [2.24, 2.45) is 5.92 Å². The van der Waals surface area contributed by atoms with E-state index in [9.17, 15) is 0 Å². The van der Waals surface area contributed by atoms with Gasteiger partial charge in [0.05, 0.1) is 5.69 Å². The number of hydrogen-bond acceptors (Lipinski definition) is 4. The minimum Gasteiger partial charge on any atom is -0.355 e. The monoisotopic (exact) mass is 292 g/mol. The number of nitrogens with one attached hydrogen (secondary N) is 1. The first-order valence-corrected chi connectivity index (χ1v) is 8.55. The van der Waals surface area contributed by atoms with Crippen LogP contribution in [0.3, 0.4) is 0 Å². The maximum absolute atomic E-state index is 4.87. The van der Waals surface area contributed by atoms with Gasteiger partial charge in [0, 0.05) is 31.2 Å². The average molecular weight is 292 g/mol. The van der Waals surface area contributed by atoms with Crippen LogP contribution in [0.2, 0.25) is 0 Å². The molecular weight excluding hydrogens is 268 g/mol. The lowest BCUT2D eigenvalue weighted by Gasteiger charge is -2.21. The van der Waals surface area contributed by atoms with Crippen LogP contribution >= 0.6 is 11.3 Å². The third-order valence-electron chi connectivity index (χ3n) is 4.41. The average Bonchev–Trinajstić information content (AvgIpc) is 2.94. The molecule has 1 unspecified atom stereocenters. The summed E-state index contributed by atoms with van der Waals surface area (Å²) in [6.07, 6.45) is 7.42. The van der Waals surface area contributed by atoms with Gasteiger partial charge in [0.1, 0.15) is 0 Å². The lowest BCUT2D eigenvalue weighted by molar-refractivity contribution is 0.459. The van der Waals surface area contributed by atoms with Gasteiger partial charge in [0.15, 0.2) is 10.8 Å². The van der Waals surface area contributed by atoms with E-state index in [1.807, 2.05) is 7.05 Å². The number of hydrogen-bond donors (Lipinski definition) is 1. The summed E-state index contributed by atoms with van der Waals surface area (Å²) >= 11 is 1.72. The highest BCUT2D eigenvalue weighted by molar-refractivity contribution is 7.15. The Bertz CT molecular complexity index is 559. The highest BCUT2D eigenvalue weighted by Crippen LogP contribution is 2.28. The third-order valence-corrected chi connectivity index (χ3v) is 5.17. The number of rotatable bonds is 4. The second-order valence-corrected chi connectivity index (χ2v) is 6.53. The van der Waals surface area contributed by atoms with E-state index in [0.717, 1.165) is 30.5 Å². The predicted molar refractivity (Wildman–Crippen MR) is 85.7 cm³/mol. The lowest BCUT2D eigenvalue weighted by atomic mass is 9.98. The number of imidazole rings is 1. The van der Waals surface area contributed by atoms with Crippen molar-refractivity contribution in [2.45, 2.75) is 39.2 Å². The summed E-state index contributed by atoms with van der Waals surface area (Å²) in [5, 5.41) is 5.40. The van der Waals surface area contributed by atoms with E-state index in [2.05, 4.69) is 33.1 Å². The van der Waals surface area contributed by atoms with Crippen molar-refractivity contribution in [3.8, 4) is 0 Å². The molecule has 2 aromatic rings. The van der Waals surface area contributed by atoms with E-state index in [4.69, 9.17) is 4.98 Å². The SMILES string of the molecule is CCC1CCCN(c2nc3sccn3c2CNC)CC1. The Labute approximate surface area is 124 Å². The maximum atomic E-state index is 4.87. The second kappa shape index (κ2) is 6.14. The molecule has 110 valence electrons. The van der Waals surface area contributed by atoms with Gasteiger partial charge in [-0.3, -0.25) is 4.40 Å². The Morgan fingerprint density at radius 3 is 3.10 bits per heavy atom. The van der Waals surface area contributed by atoms with Crippen LogP contribution < -0.4 is 10.2 Å². The van der Waals surface area contributed by atoms with Crippen molar-refractivity contribution < 1.29 is 0 Å². The van der Waals surface area contributed by atoms with Gasteiger partial charge in [-0.2, -0.15) is 0 Å². The van der Waals surface area contributed by atoms with Crippen LogP contribution in [-0.2, 0) is 6.54 Å².